The number of hydrogen-bond donors (Lipinski definition) is 1. The standard InChI is InChI=1S/C10H19NO2S/c1-7(12)9-4-5-11(6-9)10(13)8(2)14-3/h7-9,12H,4-6H2,1-3H3. The van der Waals surface area contributed by atoms with Gasteiger partial charge in [-0.1, -0.05) is 0 Å². The number of aliphatic hydroxyl groups excluding tert-OH is 1. The highest BCUT2D eigenvalue weighted by molar-refractivity contribution is 7.99. The molecule has 1 aliphatic rings. The fraction of sp³-hybridized carbons (Fsp3) is 0.900. The molecule has 14 heavy (non-hydrogen) atoms. The van der Waals surface area contributed by atoms with Crippen LogP contribution in [-0.4, -0.2) is 46.6 Å². The zero-order chi connectivity index (χ0) is 10.7. The monoisotopic (exact) mass is 217 g/mol. The third-order valence-electron chi connectivity index (χ3n) is 2.92. The molecule has 1 rings (SSSR count). The van der Waals surface area contributed by atoms with E-state index < -0.39 is 0 Å². The number of amides is 1. The summed E-state index contributed by atoms with van der Waals surface area (Å²) in [6.45, 7) is 5.26. The Labute approximate surface area is 89.9 Å². The molecule has 0 bridgehead atoms. The summed E-state index contributed by atoms with van der Waals surface area (Å²) in [7, 11) is 0. The van der Waals surface area contributed by atoms with Crippen molar-refractivity contribution in [3.63, 3.8) is 0 Å². The number of aliphatic hydroxyl groups is 1. The Balaban J connectivity index is 2.45. The van der Waals surface area contributed by atoms with Crippen molar-refractivity contribution in [2.24, 2.45) is 5.92 Å². The number of carbonyl (C=O) groups is 1. The molecule has 0 radical (unpaired) electrons. The third-order valence-corrected chi connectivity index (χ3v) is 3.83. The highest BCUT2D eigenvalue weighted by Crippen LogP contribution is 2.22. The number of rotatable bonds is 3. The molecule has 1 saturated heterocycles. The van der Waals surface area contributed by atoms with E-state index in [0.717, 1.165) is 19.5 Å². The number of hydrogen-bond acceptors (Lipinski definition) is 3. The van der Waals surface area contributed by atoms with Crippen LogP contribution in [0.25, 0.3) is 0 Å². The summed E-state index contributed by atoms with van der Waals surface area (Å²) in [6, 6.07) is 0. The lowest BCUT2D eigenvalue weighted by atomic mass is 10.0. The van der Waals surface area contributed by atoms with Crippen molar-refractivity contribution in [3.8, 4) is 0 Å². The number of thioether (sulfide) groups is 1. The Kier molecular flexibility index (Phi) is 4.26. The molecule has 3 nitrogen and oxygen atoms in total. The average molecular weight is 217 g/mol. The molecule has 0 aliphatic carbocycles. The van der Waals surface area contributed by atoms with Crippen LogP contribution in [0.3, 0.4) is 0 Å². The normalized spacial score (nSPS) is 26.3. The highest BCUT2D eigenvalue weighted by atomic mass is 32.2. The minimum atomic E-state index is -0.294. The second-order valence-corrected chi connectivity index (χ2v) is 5.13. The van der Waals surface area contributed by atoms with Gasteiger partial charge in [-0.05, 0) is 26.5 Å². The van der Waals surface area contributed by atoms with Crippen LogP contribution < -0.4 is 0 Å². The number of nitrogens with zero attached hydrogens (tertiary/aromatic N) is 1. The molecule has 0 saturated carbocycles. The fourth-order valence-corrected chi connectivity index (χ4v) is 2.09. The summed E-state index contributed by atoms with van der Waals surface area (Å²) in [4.78, 5) is 13.6. The second kappa shape index (κ2) is 5.03. The lowest BCUT2D eigenvalue weighted by molar-refractivity contribution is -0.129. The zero-order valence-corrected chi connectivity index (χ0v) is 9.88. The Bertz CT molecular complexity index is 208. The van der Waals surface area contributed by atoms with E-state index in [1.807, 2.05) is 18.1 Å². The first kappa shape index (κ1) is 11.9. The van der Waals surface area contributed by atoms with Crippen LogP contribution in [0.1, 0.15) is 20.3 Å². The molecule has 1 aliphatic heterocycles. The van der Waals surface area contributed by atoms with Gasteiger partial charge in [0.05, 0.1) is 11.4 Å². The van der Waals surface area contributed by atoms with Crippen LogP contribution in [-0.2, 0) is 4.79 Å². The van der Waals surface area contributed by atoms with Crippen LogP contribution in [0.15, 0.2) is 0 Å². The van der Waals surface area contributed by atoms with Gasteiger partial charge < -0.3 is 10.0 Å². The van der Waals surface area contributed by atoms with Crippen LogP contribution in [0.5, 0.6) is 0 Å². The van der Waals surface area contributed by atoms with Gasteiger partial charge in [0.25, 0.3) is 0 Å². The Hall–Kier alpha value is -0.220. The van der Waals surface area contributed by atoms with Crippen LogP contribution >= 0.6 is 11.8 Å². The third kappa shape index (κ3) is 2.64. The van der Waals surface area contributed by atoms with Gasteiger partial charge in [0.15, 0.2) is 0 Å². The lowest BCUT2D eigenvalue weighted by Crippen LogP contribution is -2.35. The quantitative estimate of drug-likeness (QED) is 0.765. The van der Waals surface area contributed by atoms with Gasteiger partial charge in [-0.2, -0.15) is 11.8 Å². The van der Waals surface area contributed by atoms with Gasteiger partial charge in [0.1, 0.15) is 0 Å². The topological polar surface area (TPSA) is 40.5 Å². The van der Waals surface area contributed by atoms with Gasteiger partial charge in [0.2, 0.25) is 5.91 Å². The number of carbonyl (C=O) groups excluding carboxylic acids is 1. The molecule has 3 unspecified atom stereocenters. The largest absolute Gasteiger partial charge is 0.393 e. The van der Waals surface area contributed by atoms with Crippen molar-refractivity contribution in [2.75, 3.05) is 19.3 Å². The van der Waals surface area contributed by atoms with E-state index in [4.69, 9.17) is 0 Å². The van der Waals surface area contributed by atoms with E-state index in [0.29, 0.717) is 0 Å². The predicted molar refractivity (Wildman–Crippen MR) is 59.3 cm³/mol. The molecule has 3 atom stereocenters. The van der Waals surface area contributed by atoms with E-state index >= 15 is 0 Å². The van der Waals surface area contributed by atoms with Gasteiger partial charge in [-0.25, -0.2) is 0 Å². The highest BCUT2D eigenvalue weighted by Gasteiger charge is 2.30. The zero-order valence-electron chi connectivity index (χ0n) is 9.06. The minimum Gasteiger partial charge on any atom is -0.393 e. The van der Waals surface area contributed by atoms with Crippen molar-refractivity contribution in [1.29, 1.82) is 0 Å². The first-order valence-electron chi connectivity index (χ1n) is 5.06. The molecule has 0 aromatic heterocycles. The fourth-order valence-electron chi connectivity index (χ4n) is 1.74. The maximum atomic E-state index is 11.8. The van der Waals surface area contributed by atoms with Gasteiger partial charge in [-0.15, -0.1) is 0 Å². The summed E-state index contributed by atoms with van der Waals surface area (Å²) < 4.78 is 0. The smallest absolute Gasteiger partial charge is 0.235 e. The first-order valence-corrected chi connectivity index (χ1v) is 6.34. The Morgan fingerprint density at radius 3 is 2.64 bits per heavy atom. The van der Waals surface area contributed by atoms with Crippen LogP contribution in [0.4, 0.5) is 0 Å². The molecular weight excluding hydrogens is 198 g/mol. The van der Waals surface area contributed by atoms with Crippen molar-refractivity contribution in [1.82, 2.24) is 4.90 Å². The first-order chi connectivity index (χ1) is 6.56. The number of likely N-dealkylation sites (tertiary alicyclic amines) is 1. The molecule has 1 N–H and O–H groups in total. The summed E-state index contributed by atoms with van der Waals surface area (Å²) in [5.74, 6) is 0.480. The molecule has 1 amide bonds. The van der Waals surface area contributed by atoms with E-state index in [2.05, 4.69) is 0 Å². The maximum absolute atomic E-state index is 11.8. The minimum absolute atomic E-state index is 0.0442. The van der Waals surface area contributed by atoms with E-state index in [1.165, 1.54) is 0 Å². The SMILES string of the molecule is CSC(C)C(=O)N1CCC(C(C)O)C1. The second-order valence-electron chi connectivity index (χ2n) is 3.95. The molecule has 0 spiro atoms. The molecule has 1 fully saturated rings. The predicted octanol–water partition coefficient (Wildman–Crippen LogP) is 0.967. The van der Waals surface area contributed by atoms with Crippen LogP contribution in [0.2, 0.25) is 0 Å². The molecule has 0 aromatic rings. The van der Waals surface area contributed by atoms with E-state index in [9.17, 15) is 9.90 Å². The van der Waals surface area contributed by atoms with Crippen LogP contribution in [0, 0.1) is 5.92 Å². The summed E-state index contributed by atoms with van der Waals surface area (Å²) in [6.07, 6.45) is 2.59. The van der Waals surface area contributed by atoms with Crippen molar-refractivity contribution >= 4 is 17.7 Å². The maximum Gasteiger partial charge on any atom is 0.235 e. The van der Waals surface area contributed by atoms with Crippen molar-refractivity contribution in [2.45, 2.75) is 31.6 Å². The van der Waals surface area contributed by atoms with Gasteiger partial charge in [0, 0.05) is 19.0 Å². The van der Waals surface area contributed by atoms with E-state index in [-0.39, 0.29) is 23.2 Å². The molecule has 0 aromatic carbocycles. The van der Waals surface area contributed by atoms with Crippen molar-refractivity contribution < 1.29 is 9.90 Å². The molecule has 4 heteroatoms. The van der Waals surface area contributed by atoms with Gasteiger partial charge >= 0.3 is 0 Å². The van der Waals surface area contributed by atoms with Gasteiger partial charge in [-0.3, -0.25) is 4.79 Å². The molecular formula is C10H19NO2S. The lowest BCUT2D eigenvalue weighted by Gasteiger charge is -2.20. The summed E-state index contributed by atoms with van der Waals surface area (Å²) in [5.41, 5.74) is 0. The summed E-state index contributed by atoms with van der Waals surface area (Å²) in [5, 5.41) is 9.45. The molecule has 82 valence electrons. The Morgan fingerprint density at radius 1 is 1.57 bits per heavy atom. The van der Waals surface area contributed by atoms with Crippen molar-refractivity contribution in [3.05, 3.63) is 0 Å². The van der Waals surface area contributed by atoms with E-state index in [1.54, 1.807) is 18.7 Å². The summed E-state index contributed by atoms with van der Waals surface area (Å²) >= 11 is 1.58. The average Bonchev–Trinajstić information content (AvgIpc) is 2.64. The molecule has 1 heterocycles. The Morgan fingerprint density at radius 2 is 2.21 bits per heavy atom.